The number of aromatic amines is 1. The van der Waals surface area contributed by atoms with Crippen molar-refractivity contribution in [1.29, 1.82) is 0 Å². The van der Waals surface area contributed by atoms with Crippen molar-refractivity contribution in [2.45, 2.75) is 33.6 Å². The van der Waals surface area contributed by atoms with Crippen LogP contribution in [0.2, 0.25) is 0 Å². The number of rotatable bonds is 3. The van der Waals surface area contributed by atoms with E-state index in [2.05, 4.69) is 28.3 Å². The van der Waals surface area contributed by atoms with Crippen molar-refractivity contribution < 1.29 is 0 Å². The van der Waals surface area contributed by atoms with Gasteiger partial charge in [-0.05, 0) is 31.4 Å². The average molecular weight is 257 g/mol. The number of aryl methyl sites for hydroxylation is 2. The van der Waals surface area contributed by atoms with Gasteiger partial charge >= 0.3 is 0 Å². The van der Waals surface area contributed by atoms with Gasteiger partial charge in [0.15, 0.2) is 0 Å². The number of hydrogen-bond acceptors (Lipinski definition) is 3. The fourth-order valence-electron chi connectivity index (χ4n) is 1.91. The molecule has 2 rings (SSSR count). The monoisotopic (exact) mass is 257 g/mol. The van der Waals surface area contributed by atoms with Crippen molar-refractivity contribution in [2.75, 3.05) is 5.32 Å². The Hall–Kier alpha value is -2.10. The topological polar surface area (TPSA) is 57.8 Å². The molecule has 4 nitrogen and oxygen atoms in total. The number of nitrogens with zero attached hydrogens (tertiary/aromatic N) is 1. The van der Waals surface area contributed by atoms with Crippen LogP contribution in [0.5, 0.6) is 0 Å². The third-order valence-electron chi connectivity index (χ3n) is 2.99. The maximum atomic E-state index is 11.6. The summed E-state index contributed by atoms with van der Waals surface area (Å²) in [5.74, 6) is 0.713. The predicted octanol–water partition coefficient (Wildman–Crippen LogP) is 3.25. The van der Waals surface area contributed by atoms with Gasteiger partial charge < -0.3 is 5.32 Å². The molecular formula is C15H19N3O. The first kappa shape index (κ1) is 13.3. The third kappa shape index (κ3) is 3.22. The van der Waals surface area contributed by atoms with Crippen molar-refractivity contribution in [3.8, 4) is 0 Å². The third-order valence-corrected chi connectivity index (χ3v) is 2.99. The summed E-state index contributed by atoms with van der Waals surface area (Å²) in [5, 5.41) is 3.17. The maximum absolute atomic E-state index is 11.6. The molecule has 0 aliphatic rings. The van der Waals surface area contributed by atoms with Gasteiger partial charge in [-0.3, -0.25) is 9.78 Å². The lowest BCUT2D eigenvalue weighted by Gasteiger charge is -2.11. The van der Waals surface area contributed by atoms with Gasteiger partial charge in [0, 0.05) is 11.8 Å². The highest BCUT2D eigenvalue weighted by Gasteiger charge is 2.06. The van der Waals surface area contributed by atoms with Crippen LogP contribution in [0.25, 0.3) is 0 Å². The van der Waals surface area contributed by atoms with E-state index in [1.165, 1.54) is 11.6 Å². The summed E-state index contributed by atoms with van der Waals surface area (Å²) < 4.78 is 0. The Kier molecular flexibility index (Phi) is 3.69. The summed E-state index contributed by atoms with van der Waals surface area (Å²) >= 11 is 0. The minimum atomic E-state index is -0.133. The smallest absolute Gasteiger partial charge is 0.252 e. The molecule has 0 bridgehead atoms. The molecule has 0 radical (unpaired) electrons. The molecule has 2 N–H and O–H groups in total. The molecule has 0 amide bonds. The molecule has 1 heterocycles. The van der Waals surface area contributed by atoms with E-state index in [0.717, 1.165) is 16.9 Å². The number of aromatic nitrogens is 2. The van der Waals surface area contributed by atoms with Crippen molar-refractivity contribution in [3.63, 3.8) is 0 Å². The van der Waals surface area contributed by atoms with E-state index >= 15 is 0 Å². The van der Waals surface area contributed by atoms with E-state index in [4.69, 9.17) is 0 Å². The lowest BCUT2D eigenvalue weighted by Crippen LogP contribution is -2.13. The molecule has 1 aromatic heterocycles. The minimum absolute atomic E-state index is 0.133. The summed E-state index contributed by atoms with van der Waals surface area (Å²) in [7, 11) is 0. The second-order valence-corrected chi connectivity index (χ2v) is 5.12. The number of hydrogen-bond donors (Lipinski definition) is 2. The number of anilines is 2. The molecule has 0 saturated carbocycles. The maximum Gasteiger partial charge on any atom is 0.252 e. The highest BCUT2D eigenvalue weighted by Crippen LogP contribution is 2.19. The standard InChI is InChI=1S/C15H19N3O/c1-9(2)13-8-14(19)18-15(17-13)16-12-6-5-10(3)7-11(12)4/h5-9H,1-4H3,(H2,16,17,18,19). The van der Waals surface area contributed by atoms with Gasteiger partial charge in [0.25, 0.3) is 5.56 Å². The van der Waals surface area contributed by atoms with Crippen LogP contribution in [0.4, 0.5) is 11.6 Å². The van der Waals surface area contributed by atoms with E-state index in [1.54, 1.807) is 0 Å². The molecule has 0 spiro atoms. The highest BCUT2D eigenvalue weighted by molar-refractivity contribution is 5.58. The van der Waals surface area contributed by atoms with Gasteiger partial charge in [-0.2, -0.15) is 0 Å². The van der Waals surface area contributed by atoms with Gasteiger partial charge in [0.05, 0.1) is 5.69 Å². The first-order valence-corrected chi connectivity index (χ1v) is 6.41. The van der Waals surface area contributed by atoms with Crippen LogP contribution in [-0.4, -0.2) is 9.97 Å². The van der Waals surface area contributed by atoms with Crippen LogP contribution in [0.3, 0.4) is 0 Å². The molecule has 0 aliphatic heterocycles. The van der Waals surface area contributed by atoms with Crippen LogP contribution in [0.1, 0.15) is 36.6 Å². The van der Waals surface area contributed by atoms with Crippen LogP contribution < -0.4 is 10.9 Å². The van der Waals surface area contributed by atoms with Crippen molar-refractivity contribution >= 4 is 11.6 Å². The highest BCUT2D eigenvalue weighted by atomic mass is 16.1. The number of H-pyrrole nitrogens is 1. The van der Waals surface area contributed by atoms with Gasteiger partial charge in [0.2, 0.25) is 5.95 Å². The Morgan fingerprint density at radius 1 is 1.21 bits per heavy atom. The molecule has 0 fully saturated rings. The molecule has 0 saturated heterocycles. The predicted molar refractivity (Wildman–Crippen MR) is 78.1 cm³/mol. The summed E-state index contributed by atoms with van der Waals surface area (Å²) in [5.41, 5.74) is 3.94. The lowest BCUT2D eigenvalue weighted by atomic mass is 10.1. The fourth-order valence-corrected chi connectivity index (χ4v) is 1.91. The molecule has 0 aliphatic carbocycles. The van der Waals surface area contributed by atoms with E-state index in [0.29, 0.717) is 5.95 Å². The van der Waals surface area contributed by atoms with Crippen molar-refractivity contribution in [3.05, 3.63) is 51.4 Å². The van der Waals surface area contributed by atoms with Gasteiger partial charge in [0.1, 0.15) is 0 Å². The molecular weight excluding hydrogens is 238 g/mol. The Bertz CT molecular complexity index is 644. The zero-order valence-corrected chi connectivity index (χ0v) is 11.7. The molecule has 19 heavy (non-hydrogen) atoms. The summed E-state index contributed by atoms with van der Waals surface area (Å²) in [6.45, 7) is 8.11. The Morgan fingerprint density at radius 3 is 2.58 bits per heavy atom. The van der Waals surface area contributed by atoms with Crippen molar-refractivity contribution in [1.82, 2.24) is 9.97 Å². The summed E-state index contributed by atoms with van der Waals surface area (Å²) in [6.07, 6.45) is 0. The largest absolute Gasteiger partial charge is 0.325 e. The van der Waals surface area contributed by atoms with Crippen LogP contribution in [-0.2, 0) is 0 Å². The number of benzene rings is 1. The molecule has 1 aromatic carbocycles. The van der Waals surface area contributed by atoms with E-state index in [1.807, 2.05) is 32.9 Å². The quantitative estimate of drug-likeness (QED) is 0.887. The van der Waals surface area contributed by atoms with Gasteiger partial charge in [-0.1, -0.05) is 31.5 Å². The number of nitrogens with one attached hydrogen (secondary N) is 2. The molecule has 4 heteroatoms. The first-order valence-electron chi connectivity index (χ1n) is 6.41. The second kappa shape index (κ2) is 5.26. The summed E-state index contributed by atoms with van der Waals surface area (Å²) in [6, 6.07) is 7.65. The Morgan fingerprint density at radius 2 is 1.95 bits per heavy atom. The minimum Gasteiger partial charge on any atom is -0.325 e. The van der Waals surface area contributed by atoms with E-state index < -0.39 is 0 Å². The van der Waals surface area contributed by atoms with Gasteiger partial charge in [-0.15, -0.1) is 0 Å². The van der Waals surface area contributed by atoms with Crippen molar-refractivity contribution in [2.24, 2.45) is 0 Å². The average Bonchev–Trinajstić information content (AvgIpc) is 2.32. The Labute approximate surface area is 112 Å². The molecule has 2 aromatic rings. The first-order chi connectivity index (χ1) is 8.95. The Balaban J connectivity index is 2.35. The molecule has 0 unspecified atom stereocenters. The van der Waals surface area contributed by atoms with Crippen LogP contribution in [0.15, 0.2) is 29.1 Å². The molecule has 0 atom stereocenters. The zero-order chi connectivity index (χ0) is 14.0. The SMILES string of the molecule is Cc1ccc(Nc2nc(C(C)C)cc(=O)[nH]2)c(C)c1. The second-order valence-electron chi connectivity index (χ2n) is 5.12. The van der Waals surface area contributed by atoms with Crippen LogP contribution in [0, 0.1) is 13.8 Å². The lowest BCUT2D eigenvalue weighted by molar-refractivity contribution is 0.812. The molecule has 100 valence electrons. The fraction of sp³-hybridized carbons (Fsp3) is 0.333. The zero-order valence-electron chi connectivity index (χ0n) is 11.7. The van der Waals surface area contributed by atoms with E-state index in [9.17, 15) is 4.79 Å². The van der Waals surface area contributed by atoms with Gasteiger partial charge in [-0.25, -0.2) is 4.98 Å². The normalized spacial score (nSPS) is 10.8. The summed E-state index contributed by atoms with van der Waals surface area (Å²) in [4.78, 5) is 18.7. The van der Waals surface area contributed by atoms with E-state index in [-0.39, 0.29) is 11.5 Å². The van der Waals surface area contributed by atoms with Crippen LogP contribution >= 0.6 is 0 Å².